The zero-order chi connectivity index (χ0) is 24.8. The number of nitrogens with zero attached hydrogens (tertiary/aromatic N) is 1. The molecule has 176 valence electrons. The Kier molecular flexibility index (Phi) is 5.86. The Morgan fingerprint density at radius 2 is 1.53 bits per heavy atom. The maximum Gasteiger partial charge on any atom is 0.263 e. The Morgan fingerprint density at radius 3 is 2.15 bits per heavy atom. The molecule has 0 bridgehead atoms. The standard InChI is InChI=1S/C24H17F5N2O3/c1-24(34)18-3-2-13(22(32)30-10-17-19(28)8-16(27)9-20(17)29)6-21(18)31(23(24)33)11-12-4-14(25)7-15(26)5-12/h2-9,34H,10-11H2,1H3,(H,30,32). The second-order valence-electron chi connectivity index (χ2n) is 8.00. The molecule has 10 heteroatoms. The fourth-order valence-corrected chi connectivity index (χ4v) is 3.85. The summed E-state index contributed by atoms with van der Waals surface area (Å²) >= 11 is 0. The van der Waals surface area contributed by atoms with Gasteiger partial charge in [-0.3, -0.25) is 9.59 Å². The molecule has 0 fully saturated rings. The smallest absolute Gasteiger partial charge is 0.263 e. The van der Waals surface area contributed by atoms with Crippen LogP contribution >= 0.6 is 0 Å². The SMILES string of the molecule is CC1(O)C(=O)N(Cc2cc(F)cc(F)c2)c2cc(C(=O)NCc3c(F)cc(F)cc3F)ccc21. The number of rotatable bonds is 5. The van der Waals surface area contributed by atoms with Crippen molar-refractivity contribution in [2.75, 3.05) is 4.90 Å². The summed E-state index contributed by atoms with van der Waals surface area (Å²) in [5.41, 5.74) is -2.08. The predicted molar refractivity (Wildman–Crippen MR) is 111 cm³/mol. The van der Waals surface area contributed by atoms with E-state index >= 15 is 0 Å². The summed E-state index contributed by atoms with van der Waals surface area (Å²) < 4.78 is 67.9. The quantitative estimate of drug-likeness (QED) is 0.546. The number of nitrogens with one attached hydrogen (secondary N) is 1. The molecule has 34 heavy (non-hydrogen) atoms. The van der Waals surface area contributed by atoms with Gasteiger partial charge < -0.3 is 15.3 Å². The maximum atomic E-state index is 13.8. The molecule has 3 aromatic carbocycles. The molecule has 1 atom stereocenters. The minimum absolute atomic E-state index is 0.0115. The Balaban J connectivity index is 1.61. The Bertz CT molecular complexity index is 1280. The Hall–Kier alpha value is -3.79. The lowest BCUT2D eigenvalue weighted by Crippen LogP contribution is -2.37. The van der Waals surface area contributed by atoms with Crippen molar-refractivity contribution in [3.05, 3.63) is 99.9 Å². The molecule has 0 saturated carbocycles. The first-order valence-corrected chi connectivity index (χ1v) is 10.0. The second kappa shape index (κ2) is 8.53. The lowest BCUT2D eigenvalue weighted by atomic mass is 9.96. The van der Waals surface area contributed by atoms with Gasteiger partial charge in [-0.15, -0.1) is 0 Å². The molecular weight excluding hydrogens is 459 g/mol. The number of amides is 2. The van der Waals surface area contributed by atoms with E-state index in [1.165, 1.54) is 25.1 Å². The number of benzene rings is 3. The largest absolute Gasteiger partial charge is 0.375 e. The first-order chi connectivity index (χ1) is 16.0. The summed E-state index contributed by atoms with van der Waals surface area (Å²) in [6.07, 6.45) is 0. The molecular formula is C24H17F5N2O3. The molecule has 1 aliphatic heterocycles. The van der Waals surface area contributed by atoms with Crippen LogP contribution in [0.1, 0.15) is 34.0 Å². The van der Waals surface area contributed by atoms with Crippen LogP contribution in [-0.4, -0.2) is 16.9 Å². The third kappa shape index (κ3) is 4.24. The molecule has 2 N–H and O–H groups in total. The summed E-state index contributed by atoms with van der Waals surface area (Å²) in [5.74, 6) is -6.65. The molecule has 0 saturated heterocycles. The topological polar surface area (TPSA) is 69.6 Å². The van der Waals surface area contributed by atoms with Gasteiger partial charge in [0.05, 0.1) is 12.2 Å². The molecule has 0 aromatic heterocycles. The molecule has 5 nitrogen and oxygen atoms in total. The van der Waals surface area contributed by atoms with E-state index in [-0.39, 0.29) is 28.9 Å². The third-order valence-electron chi connectivity index (χ3n) is 5.53. The van der Waals surface area contributed by atoms with E-state index in [1.54, 1.807) is 0 Å². The van der Waals surface area contributed by atoms with Crippen LogP contribution in [-0.2, 0) is 23.5 Å². The average Bonchev–Trinajstić information content (AvgIpc) is 2.92. The molecule has 0 spiro atoms. The zero-order valence-corrected chi connectivity index (χ0v) is 17.6. The first kappa shape index (κ1) is 23.4. The number of anilines is 1. The third-order valence-corrected chi connectivity index (χ3v) is 5.53. The summed E-state index contributed by atoms with van der Waals surface area (Å²) in [6.45, 7) is 0.394. The monoisotopic (exact) mass is 476 g/mol. The van der Waals surface area contributed by atoms with Gasteiger partial charge in [0.25, 0.3) is 11.8 Å². The van der Waals surface area contributed by atoms with Crippen molar-refractivity contribution in [2.45, 2.75) is 25.6 Å². The van der Waals surface area contributed by atoms with Crippen molar-refractivity contribution in [3.63, 3.8) is 0 Å². The van der Waals surface area contributed by atoms with Gasteiger partial charge >= 0.3 is 0 Å². The van der Waals surface area contributed by atoms with Gasteiger partial charge in [-0.25, -0.2) is 22.0 Å². The van der Waals surface area contributed by atoms with Crippen LogP contribution in [0.4, 0.5) is 27.6 Å². The number of carbonyl (C=O) groups is 2. The van der Waals surface area contributed by atoms with Gasteiger partial charge in [-0.05, 0) is 36.8 Å². The summed E-state index contributed by atoms with van der Waals surface area (Å²) in [4.78, 5) is 26.5. The van der Waals surface area contributed by atoms with Crippen molar-refractivity contribution in [2.24, 2.45) is 0 Å². The van der Waals surface area contributed by atoms with E-state index in [9.17, 15) is 36.6 Å². The second-order valence-corrected chi connectivity index (χ2v) is 8.00. The van der Waals surface area contributed by atoms with Crippen LogP contribution in [0.15, 0.2) is 48.5 Å². The van der Waals surface area contributed by atoms with Crippen molar-refractivity contribution < 1.29 is 36.6 Å². The highest BCUT2D eigenvalue weighted by molar-refractivity contribution is 6.08. The lowest BCUT2D eigenvalue weighted by Gasteiger charge is -2.20. The van der Waals surface area contributed by atoms with E-state index in [1.807, 2.05) is 0 Å². The normalized spacial score (nSPS) is 17.1. The first-order valence-electron chi connectivity index (χ1n) is 10.0. The molecule has 1 aliphatic rings. The summed E-state index contributed by atoms with van der Waals surface area (Å²) in [6, 6.07) is 7.64. The van der Waals surface area contributed by atoms with Crippen LogP contribution in [0.3, 0.4) is 0 Å². The minimum atomic E-state index is -1.95. The number of aliphatic hydroxyl groups is 1. The van der Waals surface area contributed by atoms with Crippen LogP contribution in [0.25, 0.3) is 0 Å². The van der Waals surface area contributed by atoms with E-state index in [0.29, 0.717) is 18.2 Å². The number of halogens is 5. The summed E-state index contributed by atoms with van der Waals surface area (Å²) in [7, 11) is 0. The molecule has 0 radical (unpaired) electrons. The molecule has 0 aliphatic carbocycles. The van der Waals surface area contributed by atoms with Crippen molar-refractivity contribution >= 4 is 17.5 Å². The number of carbonyl (C=O) groups excluding carboxylic acids is 2. The highest BCUT2D eigenvalue weighted by atomic mass is 19.2. The van der Waals surface area contributed by atoms with E-state index in [2.05, 4.69) is 5.32 Å². The predicted octanol–water partition coefficient (Wildman–Crippen LogP) is 4.07. The van der Waals surface area contributed by atoms with E-state index in [4.69, 9.17) is 0 Å². The fourth-order valence-electron chi connectivity index (χ4n) is 3.85. The Morgan fingerprint density at radius 1 is 0.941 bits per heavy atom. The lowest BCUT2D eigenvalue weighted by molar-refractivity contribution is -0.134. The zero-order valence-electron chi connectivity index (χ0n) is 17.6. The molecule has 2 amide bonds. The molecule has 3 aromatic rings. The van der Waals surface area contributed by atoms with Gasteiger partial charge in [0.1, 0.15) is 29.1 Å². The van der Waals surface area contributed by atoms with Crippen LogP contribution in [0, 0.1) is 29.1 Å². The van der Waals surface area contributed by atoms with Gasteiger partial charge in [0, 0.05) is 41.4 Å². The van der Waals surface area contributed by atoms with Crippen LogP contribution < -0.4 is 10.2 Å². The van der Waals surface area contributed by atoms with Crippen LogP contribution in [0.5, 0.6) is 0 Å². The van der Waals surface area contributed by atoms with Crippen LogP contribution in [0.2, 0.25) is 0 Å². The van der Waals surface area contributed by atoms with Gasteiger partial charge in [-0.2, -0.15) is 0 Å². The highest BCUT2D eigenvalue weighted by Crippen LogP contribution is 2.41. The Labute approximate surface area is 190 Å². The van der Waals surface area contributed by atoms with Gasteiger partial charge in [0.2, 0.25) is 0 Å². The minimum Gasteiger partial charge on any atom is -0.375 e. The van der Waals surface area contributed by atoms with Gasteiger partial charge in [-0.1, -0.05) is 6.07 Å². The molecule has 1 heterocycles. The molecule has 1 unspecified atom stereocenters. The average molecular weight is 476 g/mol. The number of hydrogen-bond acceptors (Lipinski definition) is 3. The van der Waals surface area contributed by atoms with Crippen molar-refractivity contribution in [1.29, 1.82) is 0 Å². The highest BCUT2D eigenvalue weighted by Gasteiger charge is 2.46. The fraction of sp³-hybridized carbons (Fsp3) is 0.167. The van der Waals surface area contributed by atoms with Gasteiger partial charge in [0.15, 0.2) is 5.60 Å². The van der Waals surface area contributed by atoms with Crippen molar-refractivity contribution in [3.8, 4) is 0 Å². The van der Waals surface area contributed by atoms with E-state index < -0.39 is 58.6 Å². The molecule has 4 rings (SSSR count). The number of fused-ring (bicyclic) bond motifs is 1. The van der Waals surface area contributed by atoms with Crippen molar-refractivity contribution in [1.82, 2.24) is 5.32 Å². The van der Waals surface area contributed by atoms with E-state index in [0.717, 1.165) is 17.0 Å². The summed E-state index contributed by atoms with van der Waals surface area (Å²) in [5, 5.41) is 13.0. The number of hydrogen-bond donors (Lipinski definition) is 2. The maximum absolute atomic E-state index is 13.8.